The minimum absolute atomic E-state index is 0. The van der Waals surface area contributed by atoms with Crippen LogP contribution in [0.25, 0.3) is 0 Å². The Bertz CT molecular complexity index is 225. The van der Waals surface area contributed by atoms with Crippen LogP contribution in [0.1, 0.15) is 5.69 Å². The number of carbonyl (C=O) groups is 1. The first-order valence-electron chi connectivity index (χ1n) is 2.89. The summed E-state index contributed by atoms with van der Waals surface area (Å²) < 4.78 is 0. The molecule has 0 atom stereocenters. The fraction of sp³-hybridized carbons (Fsp3) is 0.143. The van der Waals surface area contributed by atoms with Crippen molar-refractivity contribution in [3.05, 3.63) is 30.1 Å². The number of carbonyl (C=O) groups excluding carboxylic acids is 1. The summed E-state index contributed by atoms with van der Waals surface area (Å²) in [6.07, 6.45) is 1.44. The maximum atomic E-state index is 10.0. The summed E-state index contributed by atoms with van der Waals surface area (Å²) in [7, 11) is 0. The van der Waals surface area contributed by atoms with E-state index >= 15 is 0 Å². The predicted octanol–water partition coefficient (Wildman–Crippen LogP) is -3.62. The van der Waals surface area contributed by atoms with Crippen LogP contribution in [0.2, 0.25) is 0 Å². The molecule has 4 heteroatoms. The van der Waals surface area contributed by atoms with Crippen molar-refractivity contribution in [1.82, 2.24) is 4.98 Å². The number of aromatic nitrogens is 1. The van der Waals surface area contributed by atoms with E-state index in [1.165, 1.54) is 0 Å². The third-order valence-electron chi connectivity index (χ3n) is 1.05. The predicted molar refractivity (Wildman–Crippen MR) is 32.9 cm³/mol. The van der Waals surface area contributed by atoms with Crippen LogP contribution in [0.4, 0.5) is 0 Å². The van der Waals surface area contributed by atoms with Gasteiger partial charge in [-0.1, -0.05) is 6.07 Å². The van der Waals surface area contributed by atoms with Gasteiger partial charge in [0.1, 0.15) is 0 Å². The second kappa shape index (κ2) is 5.85. The SMILES string of the molecule is O=C([O-])Cc1ccccn1.[K+]. The fourth-order valence-electron chi connectivity index (χ4n) is 0.651. The number of aliphatic carboxylic acids is 1. The Labute approximate surface area is 107 Å². The van der Waals surface area contributed by atoms with E-state index < -0.39 is 5.97 Å². The molecule has 11 heavy (non-hydrogen) atoms. The van der Waals surface area contributed by atoms with E-state index in [1.54, 1.807) is 24.4 Å². The molecule has 0 radical (unpaired) electrons. The standard InChI is InChI=1S/C7H7NO2.K/c9-7(10)5-6-3-1-2-4-8-6;/h1-4H,5H2,(H,9,10);/q;+1/p-1. The van der Waals surface area contributed by atoms with Crippen molar-refractivity contribution in [3.8, 4) is 0 Å². The van der Waals surface area contributed by atoms with Gasteiger partial charge in [-0.05, 0) is 12.1 Å². The van der Waals surface area contributed by atoms with Crippen molar-refractivity contribution in [2.75, 3.05) is 0 Å². The molecule has 0 aromatic carbocycles. The third kappa shape index (κ3) is 4.65. The molecule has 1 aromatic rings. The molecule has 0 aliphatic heterocycles. The summed E-state index contributed by atoms with van der Waals surface area (Å²) in [5, 5.41) is 10.0. The van der Waals surface area contributed by atoms with Crippen molar-refractivity contribution >= 4 is 5.97 Å². The number of nitrogens with zero attached hydrogens (tertiary/aromatic N) is 1. The van der Waals surface area contributed by atoms with Gasteiger partial charge in [-0.2, -0.15) is 0 Å². The number of hydrogen-bond acceptors (Lipinski definition) is 3. The average Bonchev–Trinajstić information content (AvgIpc) is 1.88. The molecule has 3 nitrogen and oxygen atoms in total. The Hall–Kier alpha value is 0.256. The smallest absolute Gasteiger partial charge is 0.550 e. The molecule has 0 saturated heterocycles. The van der Waals surface area contributed by atoms with E-state index in [0.29, 0.717) is 5.69 Å². The van der Waals surface area contributed by atoms with Gasteiger partial charge >= 0.3 is 51.4 Å². The van der Waals surface area contributed by atoms with Crippen molar-refractivity contribution in [1.29, 1.82) is 0 Å². The van der Waals surface area contributed by atoms with Gasteiger partial charge in [0.25, 0.3) is 0 Å². The molecule has 1 heterocycles. The minimum Gasteiger partial charge on any atom is -0.550 e. The first-order valence-corrected chi connectivity index (χ1v) is 2.89. The number of rotatable bonds is 2. The van der Waals surface area contributed by atoms with Crippen molar-refractivity contribution in [2.24, 2.45) is 0 Å². The van der Waals surface area contributed by atoms with Crippen LogP contribution in [0.15, 0.2) is 24.4 Å². The van der Waals surface area contributed by atoms with E-state index in [0.717, 1.165) is 0 Å². The van der Waals surface area contributed by atoms with Crippen LogP contribution in [-0.4, -0.2) is 11.0 Å². The quantitative estimate of drug-likeness (QED) is 0.436. The second-order valence-corrected chi connectivity index (χ2v) is 1.87. The molecule has 0 aliphatic carbocycles. The number of hydrogen-bond donors (Lipinski definition) is 0. The van der Waals surface area contributed by atoms with Crippen LogP contribution in [0.5, 0.6) is 0 Å². The van der Waals surface area contributed by atoms with Crippen LogP contribution in [0, 0.1) is 0 Å². The van der Waals surface area contributed by atoms with Gasteiger partial charge < -0.3 is 9.90 Å². The van der Waals surface area contributed by atoms with Gasteiger partial charge in [0.15, 0.2) is 0 Å². The molecular weight excluding hydrogens is 169 g/mol. The molecule has 0 bridgehead atoms. The Morgan fingerprint density at radius 1 is 1.55 bits per heavy atom. The fourth-order valence-corrected chi connectivity index (χ4v) is 0.651. The monoisotopic (exact) mass is 175 g/mol. The largest absolute Gasteiger partial charge is 1.00 e. The molecule has 0 unspecified atom stereocenters. The number of pyridine rings is 1. The van der Waals surface area contributed by atoms with Gasteiger partial charge in [-0.3, -0.25) is 4.98 Å². The van der Waals surface area contributed by atoms with Gasteiger partial charge in [0.2, 0.25) is 0 Å². The van der Waals surface area contributed by atoms with Gasteiger partial charge in [-0.25, -0.2) is 0 Å². The van der Waals surface area contributed by atoms with E-state index in [2.05, 4.69) is 4.98 Å². The van der Waals surface area contributed by atoms with E-state index in [-0.39, 0.29) is 57.8 Å². The molecule has 0 saturated carbocycles. The zero-order valence-corrected chi connectivity index (χ0v) is 9.40. The Kier molecular flexibility index (Phi) is 5.99. The van der Waals surface area contributed by atoms with E-state index in [4.69, 9.17) is 0 Å². The summed E-state index contributed by atoms with van der Waals surface area (Å²) in [5.41, 5.74) is 0.530. The van der Waals surface area contributed by atoms with Gasteiger partial charge in [-0.15, -0.1) is 0 Å². The minimum atomic E-state index is -1.10. The van der Waals surface area contributed by atoms with Crippen LogP contribution >= 0.6 is 0 Å². The Balaban J connectivity index is 0.000001000. The van der Waals surface area contributed by atoms with E-state index in [1.807, 2.05) is 0 Å². The molecule has 1 rings (SSSR count). The normalized spacial score (nSPS) is 8.36. The third-order valence-corrected chi connectivity index (χ3v) is 1.05. The van der Waals surface area contributed by atoms with E-state index in [9.17, 15) is 9.90 Å². The number of carboxylic acids is 1. The van der Waals surface area contributed by atoms with Crippen LogP contribution < -0.4 is 56.5 Å². The van der Waals surface area contributed by atoms with Crippen molar-refractivity contribution in [2.45, 2.75) is 6.42 Å². The topological polar surface area (TPSA) is 53.0 Å². The summed E-state index contributed by atoms with van der Waals surface area (Å²) in [4.78, 5) is 13.8. The molecule has 52 valence electrons. The first kappa shape index (κ1) is 11.3. The molecule has 0 aliphatic rings. The average molecular weight is 175 g/mol. The molecule has 1 aromatic heterocycles. The summed E-state index contributed by atoms with van der Waals surface area (Å²) in [6.45, 7) is 0. The molecular formula is C7H6KNO2. The molecule has 0 N–H and O–H groups in total. The Morgan fingerprint density at radius 3 is 2.73 bits per heavy atom. The number of carboxylic acid groups (broad SMARTS) is 1. The van der Waals surface area contributed by atoms with Crippen LogP contribution in [-0.2, 0) is 11.2 Å². The van der Waals surface area contributed by atoms with Crippen molar-refractivity contribution in [3.63, 3.8) is 0 Å². The summed E-state index contributed by atoms with van der Waals surface area (Å²) >= 11 is 0. The summed E-state index contributed by atoms with van der Waals surface area (Å²) in [6, 6.07) is 5.12. The molecule has 0 amide bonds. The van der Waals surface area contributed by atoms with Gasteiger partial charge in [0.05, 0.1) is 0 Å². The van der Waals surface area contributed by atoms with Crippen LogP contribution in [0.3, 0.4) is 0 Å². The Morgan fingerprint density at radius 2 is 2.27 bits per heavy atom. The maximum Gasteiger partial charge on any atom is 1.00 e. The van der Waals surface area contributed by atoms with Gasteiger partial charge in [0, 0.05) is 24.3 Å². The summed E-state index contributed by atoms with van der Waals surface area (Å²) in [5.74, 6) is -1.10. The first-order chi connectivity index (χ1) is 4.79. The molecule has 0 fully saturated rings. The maximum absolute atomic E-state index is 10.0. The zero-order chi connectivity index (χ0) is 7.40. The zero-order valence-electron chi connectivity index (χ0n) is 6.28. The van der Waals surface area contributed by atoms with Crippen molar-refractivity contribution < 1.29 is 61.3 Å². The molecule has 0 spiro atoms. The second-order valence-electron chi connectivity index (χ2n) is 1.87.